The first kappa shape index (κ1) is 19.3. The highest BCUT2D eigenvalue weighted by Crippen LogP contribution is 2.35. The number of rotatable bonds is 3. The lowest BCUT2D eigenvalue weighted by Crippen LogP contribution is -2.44. The topological polar surface area (TPSA) is 37.3 Å². The van der Waals surface area contributed by atoms with Crippen molar-refractivity contribution in [3.05, 3.63) is 88.7 Å². The van der Waals surface area contributed by atoms with E-state index in [2.05, 4.69) is 86.2 Å². The molecule has 0 bridgehead atoms. The molecule has 0 unspecified atom stereocenters. The number of aromatic nitrogens is 1. The Morgan fingerprint density at radius 3 is 2.48 bits per heavy atom. The summed E-state index contributed by atoms with van der Waals surface area (Å²) in [5, 5.41) is 3.11. The van der Waals surface area contributed by atoms with Crippen molar-refractivity contribution in [3.63, 3.8) is 0 Å². The van der Waals surface area contributed by atoms with Crippen LogP contribution in [0.15, 0.2) is 60.8 Å². The van der Waals surface area contributed by atoms with Crippen LogP contribution in [-0.4, -0.2) is 22.0 Å². The summed E-state index contributed by atoms with van der Waals surface area (Å²) in [6.45, 7) is 10.1. The molecule has 4 rings (SSSR count). The summed E-state index contributed by atoms with van der Waals surface area (Å²) in [5.41, 5.74) is 6.89. The van der Waals surface area contributed by atoms with Crippen LogP contribution < -0.4 is 5.32 Å². The number of amides is 2. The van der Waals surface area contributed by atoms with E-state index >= 15 is 0 Å². The van der Waals surface area contributed by atoms with Crippen LogP contribution in [0.25, 0.3) is 0 Å². The Morgan fingerprint density at radius 2 is 1.79 bits per heavy atom. The fourth-order valence-electron chi connectivity index (χ4n) is 4.21. The number of nitrogens with zero attached hydrogens (tertiary/aromatic N) is 2. The van der Waals surface area contributed by atoms with Crippen molar-refractivity contribution in [3.8, 4) is 0 Å². The first-order valence-corrected chi connectivity index (χ1v) is 10.3. The normalized spacial score (nSPS) is 16.0. The fraction of sp³-hybridized carbons (Fsp3) is 0.320. The molecule has 1 aliphatic rings. The van der Waals surface area contributed by atoms with Crippen molar-refractivity contribution >= 4 is 11.7 Å². The summed E-state index contributed by atoms with van der Waals surface area (Å²) in [5.74, 6) is 0.475. The van der Waals surface area contributed by atoms with Crippen molar-refractivity contribution < 1.29 is 4.79 Å². The van der Waals surface area contributed by atoms with Crippen LogP contribution in [0.1, 0.15) is 53.8 Å². The molecule has 0 fully saturated rings. The average Bonchev–Trinajstić information content (AvgIpc) is 3.17. The minimum atomic E-state index is -0.0886. The van der Waals surface area contributed by atoms with Gasteiger partial charge in [-0.1, -0.05) is 49.7 Å². The molecule has 4 heteroatoms. The highest BCUT2D eigenvalue weighted by molar-refractivity contribution is 5.90. The molecule has 2 amide bonds. The lowest BCUT2D eigenvalue weighted by Gasteiger charge is -2.38. The zero-order valence-corrected chi connectivity index (χ0v) is 17.6. The van der Waals surface area contributed by atoms with Crippen molar-refractivity contribution in [1.82, 2.24) is 9.47 Å². The molecule has 1 atom stereocenters. The number of carbonyl (C=O) groups excluding carboxylic acids is 1. The lowest BCUT2D eigenvalue weighted by molar-refractivity contribution is 0.181. The van der Waals surface area contributed by atoms with Gasteiger partial charge in [-0.25, -0.2) is 4.79 Å². The molecule has 3 aromatic rings. The van der Waals surface area contributed by atoms with E-state index < -0.39 is 0 Å². The highest BCUT2D eigenvalue weighted by atomic mass is 16.2. The zero-order valence-electron chi connectivity index (χ0n) is 17.6. The number of aryl methyl sites for hydroxylation is 2. The maximum Gasteiger partial charge on any atom is 0.322 e. The third-order valence-corrected chi connectivity index (χ3v) is 5.85. The van der Waals surface area contributed by atoms with Crippen LogP contribution in [0.3, 0.4) is 0 Å². The Bertz CT molecular complexity index is 1020. The van der Waals surface area contributed by atoms with E-state index in [0.29, 0.717) is 12.5 Å². The van der Waals surface area contributed by atoms with Crippen LogP contribution in [0.4, 0.5) is 10.5 Å². The minimum absolute atomic E-state index is 0.0558. The van der Waals surface area contributed by atoms with Gasteiger partial charge < -0.3 is 14.8 Å². The predicted molar refractivity (Wildman–Crippen MR) is 118 cm³/mol. The molecule has 1 aromatic heterocycles. The Balaban J connectivity index is 1.65. The van der Waals surface area contributed by atoms with E-state index in [1.165, 1.54) is 22.3 Å². The van der Waals surface area contributed by atoms with E-state index in [1.54, 1.807) is 0 Å². The van der Waals surface area contributed by atoms with Crippen LogP contribution in [0.5, 0.6) is 0 Å². The zero-order chi connectivity index (χ0) is 20.5. The quantitative estimate of drug-likeness (QED) is 0.600. The van der Waals surface area contributed by atoms with E-state index in [-0.39, 0.29) is 12.1 Å². The minimum Gasteiger partial charge on any atom is -0.348 e. The monoisotopic (exact) mass is 387 g/mol. The van der Waals surface area contributed by atoms with Gasteiger partial charge in [-0.15, -0.1) is 0 Å². The molecule has 2 heterocycles. The summed E-state index contributed by atoms with van der Waals surface area (Å²) < 4.78 is 2.26. The third-order valence-electron chi connectivity index (χ3n) is 5.85. The molecule has 150 valence electrons. The predicted octanol–water partition coefficient (Wildman–Crippen LogP) is 5.87. The molecule has 0 spiro atoms. The van der Waals surface area contributed by atoms with Gasteiger partial charge in [-0.2, -0.15) is 0 Å². The number of carbonyl (C=O) groups is 1. The summed E-state index contributed by atoms with van der Waals surface area (Å²) in [6, 6.07) is 18.7. The van der Waals surface area contributed by atoms with Crippen LogP contribution in [-0.2, 0) is 6.54 Å². The lowest BCUT2D eigenvalue weighted by atomic mass is 9.94. The molecule has 1 aliphatic heterocycles. The molecular weight excluding hydrogens is 358 g/mol. The standard InChI is InChI=1S/C25H29N3O/c1-17(2)20-8-10-21(11-9-20)26-25(29)28-15-14-27-13-5-6-23(27)24(28)22-12-7-18(3)16-19(22)4/h5-13,16-17,24H,14-15H2,1-4H3,(H,26,29)/t24-/m0/s1. The Morgan fingerprint density at radius 1 is 1.03 bits per heavy atom. The summed E-state index contributed by atoms with van der Waals surface area (Å²) >= 11 is 0. The highest BCUT2D eigenvalue weighted by Gasteiger charge is 2.33. The molecule has 0 saturated carbocycles. The van der Waals surface area contributed by atoms with E-state index in [1.807, 2.05) is 17.0 Å². The van der Waals surface area contributed by atoms with Crippen molar-refractivity contribution in [2.75, 3.05) is 11.9 Å². The maximum absolute atomic E-state index is 13.3. The molecule has 0 aliphatic carbocycles. The van der Waals surface area contributed by atoms with Gasteiger partial charge in [0, 0.05) is 30.7 Å². The van der Waals surface area contributed by atoms with E-state index in [4.69, 9.17) is 0 Å². The largest absolute Gasteiger partial charge is 0.348 e. The van der Waals surface area contributed by atoms with E-state index in [0.717, 1.165) is 17.9 Å². The molecule has 1 N–H and O–H groups in total. The smallest absolute Gasteiger partial charge is 0.322 e. The van der Waals surface area contributed by atoms with Crippen molar-refractivity contribution in [2.24, 2.45) is 0 Å². The van der Waals surface area contributed by atoms with Crippen LogP contribution >= 0.6 is 0 Å². The van der Waals surface area contributed by atoms with Gasteiger partial charge in [-0.3, -0.25) is 0 Å². The summed E-state index contributed by atoms with van der Waals surface area (Å²) in [7, 11) is 0. The second-order valence-corrected chi connectivity index (χ2v) is 8.29. The first-order valence-electron chi connectivity index (χ1n) is 10.3. The summed E-state index contributed by atoms with van der Waals surface area (Å²) in [4.78, 5) is 15.2. The molecule has 4 nitrogen and oxygen atoms in total. The Labute approximate surface area is 173 Å². The van der Waals surface area contributed by atoms with Gasteiger partial charge in [0.2, 0.25) is 0 Å². The molecule has 2 aromatic carbocycles. The molecule has 29 heavy (non-hydrogen) atoms. The van der Waals surface area contributed by atoms with Gasteiger partial charge in [0.05, 0.1) is 6.04 Å². The summed E-state index contributed by atoms with van der Waals surface area (Å²) in [6.07, 6.45) is 2.10. The van der Waals surface area contributed by atoms with Gasteiger partial charge in [0.1, 0.15) is 0 Å². The second-order valence-electron chi connectivity index (χ2n) is 8.29. The Hall–Kier alpha value is -3.01. The molecular formula is C25H29N3O. The van der Waals surface area contributed by atoms with Gasteiger partial charge in [0.15, 0.2) is 0 Å². The fourth-order valence-corrected chi connectivity index (χ4v) is 4.21. The number of hydrogen-bond acceptors (Lipinski definition) is 1. The number of nitrogens with one attached hydrogen (secondary N) is 1. The number of hydrogen-bond donors (Lipinski definition) is 1. The molecule has 0 saturated heterocycles. The average molecular weight is 388 g/mol. The number of fused-ring (bicyclic) bond motifs is 1. The maximum atomic E-state index is 13.3. The van der Waals surface area contributed by atoms with Crippen LogP contribution in [0, 0.1) is 13.8 Å². The Kier molecular flexibility index (Phi) is 5.18. The number of urea groups is 1. The van der Waals surface area contributed by atoms with Gasteiger partial charge in [-0.05, 0) is 60.7 Å². The number of anilines is 1. The van der Waals surface area contributed by atoms with Crippen molar-refractivity contribution in [2.45, 2.75) is 46.2 Å². The third kappa shape index (κ3) is 3.80. The molecule has 0 radical (unpaired) electrons. The van der Waals surface area contributed by atoms with Gasteiger partial charge >= 0.3 is 6.03 Å². The SMILES string of the molecule is Cc1ccc([C@H]2c3cccn3CCN2C(=O)Nc2ccc(C(C)C)cc2)c(C)c1. The van der Waals surface area contributed by atoms with Crippen molar-refractivity contribution in [1.29, 1.82) is 0 Å². The van der Waals surface area contributed by atoms with Crippen LogP contribution in [0.2, 0.25) is 0 Å². The number of benzene rings is 2. The van der Waals surface area contributed by atoms with E-state index in [9.17, 15) is 4.79 Å². The first-order chi connectivity index (χ1) is 13.9. The van der Waals surface area contributed by atoms with Gasteiger partial charge in [0.25, 0.3) is 0 Å². The second kappa shape index (κ2) is 7.78.